The van der Waals surface area contributed by atoms with Crippen LogP contribution in [0.15, 0.2) is 64.3 Å². The van der Waals surface area contributed by atoms with E-state index in [9.17, 15) is 9.90 Å². The third kappa shape index (κ3) is 4.98. The Hall–Kier alpha value is -3.85. The lowest BCUT2D eigenvalue weighted by Gasteiger charge is -2.30. The minimum atomic E-state index is -0.458. The highest BCUT2D eigenvalue weighted by atomic mass is 79.9. The Morgan fingerprint density at radius 1 is 0.923 bits per heavy atom. The number of nitrogens with one attached hydrogen (secondary N) is 2. The van der Waals surface area contributed by atoms with Crippen LogP contribution in [-0.2, 0) is 4.79 Å². The maximum absolute atomic E-state index is 14.0. The van der Waals surface area contributed by atoms with Crippen LogP contribution in [-0.4, -0.2) is 38.8 Å². The second kappa shape index (κ2) is 11.1. The Morgan fingerprint density at radius 2 is 1.59 bits per heavy atom. The summed E-state index contributed by atoms with van der Waals surface area (Å²) in [6, 6.07) is 14.9. The molecule has 0 saturated carbocycles. The number of hydrogen-bond acceptors (Lipinski definition) is 8. The first kappa shape index (κ1) is 26.7. The molecule has 8 nitrogen and oxygen atoms in total. The second-order valence-corrected chi connectivity index (χ2v) is 10.3. The summed E-state index contributed by atoms with van der Waals surface area (Å²) in [5.41, 5.74) is 4.99. The van der Waals surface area contributed by atoms with Gasteiger partial charge in [-0.15, -0.1) is 0 Å². The van der Waals surface area contributed by atoms with E-state index >= 15 is 0 Å². The minimum absolute atomic E-state index is 0.0231. The largest absolute Gasteiger partial charge is 0.503 e. The summed E-state index contributed by atoms with van der Waals surface area (Å²) in [5.74, 6) is 1.92. The van der Waals surface area contributed by atoms with Crippen molar-refractivity contribution in [2.45, 2.75) is 31.7 Å². The highest BCUT2D eigenvalue weighted by Crippen LogP contribution is 2.48. The predicted octanol–water partition coefficient (Wildman–Crippen LogP) is 6.56. The van der Waals surface area contributed by atoms with Gasteiger partial charge in [0.1, 0.15) is 0 Å². The minimum Gasteiger partial charge on any atom is -0.503 e. The fourth-order valence-electron chi connectivity index (χ4n) is 5.34. The molecule has 0 amide bonds. The second-order valence-electron chi connectivity index (χ2n) is 9.41. The van der Waals surface area contributed by atoms with Gasteiger partial charge in [-0.25, -0.2) is 0 Å². The molecule has 2 atom stereocenters. The van der Waals surface area contributed by atoms with E-state index in [4.69, 9.17) is 18.9 Å². The van der Waals surface area contributed by atoms with Crippen LogP contribution in [0.1, 0.15) is 42.9 Å². The molecule has 0 saturated heterocycles. The number of hydrogen-bond donors (Lipinski definition) is 3. The zero-order valence-corrected chi connectivity index (χ0v) is 23.8. The van der Waals surface area contributed by atoms with E-state index < -0.39 is 6.04 Å². The molecule has 0 aromatic heterocycles. The van der Waals surface area contributed by atoms with Crippen LogP contribution in [0.5, 0.6) is 28.7 Å². The number of anilines is 2. The highest BCUT2D eigenvalue weighted by molar-refractivity contribution is 9.10. The van der Waals surface area contributed by atoms with Gasteiger partial charge in [-0.1, -0.05) is 12.1 Å². The van der Waals surface area contributed by atoms with Crippen molar-refractivity contribution in [1.29, 1.82) is 0 Å². The number of methoxy groups -OCH3 is 3. The van der Waals surface area contributed by atoms with Gasteiger partial charge in [0.2, 0.25) is 5.75 Å². The van der Waals surface area contributed by atoms with Gasteiger partial charge >= 0.3 is 0 Å². The number of allylic oxidation sites excluding steroid dienone is 1. The quantitative estimate of drug-likeness (QED) is 0.283. The van der Waals surface area contributed by atoms with Gasteiger partial charge in [-0.2, -0.15) is 0 Å². The molecule has 1 aliphatic carbocycles. The molecule has 0 bridgehead atoms. The van der Waals surface area contributed by atoms with Gasteiger partial charge in [0, 0.05) is 17.7 Å². The molecular formula is C30H31BrN2O6. The molecule has 3 aromatic rings. The molecular weight excluding hydrogens is 564 g/mol. The number of fused-ring (bicyclic) bond motifs is 1. The monoisotopic (exact) mass is 594 g/mol. The molecule has 0 unspecified atom stereocenters. The molecule has 0 radical (unpaired) electrons. The van der Waals surface area contributed by atoms with Crippen molar-refractivity contribution in [1.82, 2.24) is 0 Å². The fourth-order valence-corrected chi connectivity index (χ4v) is 5.80. The smallest absolute Gasteiger partial charge is 0.203 e. The fraction of sp³-hybridized carbons (Fsp3) is 0.300. The van der Waals surface area contributed by atoms with Crippen LogP contribution >= 0.6 is 15.9 Å². The number of carbonyl (C=O) groups is 1. The Balaban J connectivity index is 1.62. The third-order valence-corrected chi connectivity index (χ3v) is 7.76. The molecule has 9 heteroatoms. The van der Waals surface area contributed by atoms with Crippen molar-refractivity contribution in [3.05, 3.63) is 75.4 Å². The van der Waals surface area contributed by atoms with Crippen LogP contribution in [0.25, 0.3) is 0 Å². The summed E-state index contributed by atoms with van der Waals surface area (Å²) in [4.78, 5) is 14.0. The van der Waals surface area contributed by atoms with E-state index in [-0.39, 0.29) is 17.5 Å². The molecule has 3 N–H and O–H groups in total. The molecule has 1 aliphatic heterocycles. The standard InChI is InChI=1S/C30H31BrN2O6/c1-5-39-24-15-18(10-19(31)29(24)35)28-27-22(32-20-8-6-7-9-21(20)33-28)11-16(12-23(27)34)17-13-25(36-2)30(38-4)26(14-17)37-3/h6-10,13-16,28,32-33,35H,5,11-12H2,1-4H3/t16-,28-/m0/s1. The number of phenolic OH excluding ortho intramolecular Hbond substituents is 1. The van der Waals surface area contributed by atoms with Gasteiger partial charge in [0.05, 0.1) is 49.8 Å². The molecule has 0 spiro atoms. The zero-order chi connectivity index (χ0) is 27.7. The van der Waals surface area contributed by atoms with E-state index in [1.54, 1.807) is 27.4 Å². The van der Waals surface area contributed by atoms with Crippen molar-refractivity contribution in [3.63, 3.8) is 0 Å². The van der Waals surface area contributed by atoms with Crippen LogP contribution < -0.4 is 29.6 Å². The van der Waals surface area contributed by atoms with E-state index in [1.165, 1.54) is 0 Å². The molecule has 3 aromatic carbocycles. The SMILES string of the molecule is CCOc1cc([C@@H]2Nc3ccccc3NC3=C2C(=O)C[C@@H](c2cc(OC)c(OC)c(OC)c2)C3)cc(Br)c1O. The maximum Gasteiger partial charge on any atom is 0.203 e. The molecule has 5 rings (SSSR count). The lowest BCUT2D eigenvalue weighted by atomic mass is 9.78. The summed E-state index contributed by atoms with van der Waals surface area (Å²) >= 11 is 3.46. The first-order valence-corrected chi connectivity index (χ1v) is 13.5. The van der Waals surface area contributed by atoms with Crippen molar-refractivity contribution in [3.8, 4) is 28.7 Å². The summed E-state index contributed by atoms with van der Waals surface area (Å²) in [7, 11) is 4.74. The lowest BCUT2D eigenvalue weighted by Crippen LogP contribution is -2.27. The van der Waals surface area contributed by atoms with Gasteiger partial charge < -0.3 is 34.7 Å². The van der Waals surface area contributed by atoms with Crippen molar-refractivity contribution < 1.29 is 28.8 Å². The maximum atomic E-state index is 14.0. The van der Waals surface area contributed by atoms with Crippen LogP contribution in [0.3, 0.4) is 0 Å². The number of carbonyl (C=O) groups excluding carboxylic acids is 1. The zero-order valence-electron chi connectivity index (χ0n) is 22.3. The average molecular weight is 595 g/mol. The van der Waals surface area contributed by atoms with Gasteiger partial charge in [0.25, 0.3) is 0 Å². The number of rotatable bonds is 7. The van der Waals surface area contributed by atoms with E-state index in [0.29, 0.717) is 52.5 Å². The number of aromatic hydroxyl groups is 1. The molecule has 1 heterocycles. The van der Waals surface area contributed by atoms with Crippen LogP contribution in [0.2, 0.25) is 0 Å². The highest BCUT2D eigenvalue weighted by Gasteiger charge is 2.37. The topological polar surface area (TPSA) is 98.3 Å². The normalized spacial score (nSPS) is 18.2. The van der Waals surface area contributed by atoms with Gasteiger partial charge in [0.15, 0.2) is 28.8 Å². The summed E-state index contributed by atoms with van der Waals surface area (Å²) in [6.07, 6.45) is 0.912. The molecule has 39 heavy (non-hydrogen) atoms. The Labute approximate surface area is 236 Å². The number of phenols is 1. The summed E-state index contributed by atoms with van der Waals surface area (Å²) in [5, 5.41) is 17.6. The van der Waals surface area contributed by atoms with E-state index in [0.717, 1.165) is 28.2 Å². The Bertz CT molecular complexity index is 1430. The number of benzene rings is 3. The van der Waals surface area contributed by atoms with Crippen molar-refractivity contribution >= 4 is 33.1 Å². The van der Waals surface area contributed by atoms with Gasteiger partial charge in [-0.05, 0) is 82.7 Å². The Kier molecular flexibility index (Phi) is 7.61. The Morgan fingerprint density at radius 3 is 2.23 bits per heavy atom. The number of ketones is 1. The van der Waals surface area contributed by atoms with Crippen LogP contribution in [0, 0.1) is 0 Å². The first-order chi connectivity index (χ1) is 18.9. The number of Topliss-reactive ketones (excluding diaryl/α,β-unsaturated/α-hetero) is 1. The predicted molar refractivity (Wildman–Crippen MR) is 154 cm³/mol. The average Bonchev–Trinajstić information content (AvgIpc) is 3.11. The third-order valence-electron chi connectivity index (χ3n) is 7.15. The van der Waals surface area contributed by atoms with Crippen molar-refractivity contribution in [2.75, 3.05) is 38.6 Å². The van der Waals surface area contributed by atoms with Crippen molar-refractivity contribution in [2.24, 2.45) is 0 Å². The summed E-state index contributed by atoms with van der Waals surface area (Å²) in [6.45, 7) is 2.26. The summed E-state index contributed by atoms with van der Waals surface area (Å²) < 4.78 is 22.8. The number of halogens is 1. The number of ether oxygens (including phenoxy) is 4. The first-order valence-electron chi connectivity index (χ1n) is 12.7. The molecule has 204 valence electrons. The lowest BCUT2D eigenvalue weighted by molar-refractivity contribution is -0.116. The van der Waals surface area contributed by atoms with E-state index in [2.05, 4.69) is 26.6 Å². The molecule has 2 aliphatic rings. The number of para-hydroxylation sites is 2. The van der Waals surface area contributed by atoms with Crippen LogP contribution in [0.4, 0.5) is 11.4 Å². The van der Waals surface area contributed by atoms with Gasteiger partial charge in [-0.3, -0.25) is 4.79 Å². The molecule has 0 fully saturated rings. The van der Waals surface area contributed by atoms with E-state index in [1.807, 2.05) is 49.4 Å².